The summed E-state index contributed by atoms with van der Waals surface area (Å²) < 4.78 is 1.71. The summed E-state index contributed by atoms with van der Waals surface area (Å²) in [7, 11) is 0. The van der Waals surface area contributed by atoms with Crippen LogP contribution in [0.4, 0.5) is 0 Å². The minimum Gasteiger partial charge on any atom is -0.274 e. The van der Waals surface area contributed by atoms with Crippen molar-refractivity contribution in [3.05, 3.63) is 18.2 Å². The van der Waals surface area contributed by atoms with Gasteiger partial charge in [0.2, 0.25) is 5.91 Å². The average Bonchev–Trinajstić information content (AvgIpc) is 2.83. The van der Waals surface area contributed by atoms with E-state index in [-0.39, 0.29) is 11.8 Å². The highest BCUT2D eigenvalue weighted by atomic mass is 16.2. The molecule has 0 amide bonds. The van der Waals surface area contributed by atoms with E-state index in [0.717, 1.165) is 5.82 Å². The lowest BCUT2D eigenvalue weighted by atomic mass is 10.2. The number of carbonyl (C=O) groups is 1. The molecule has 1 saturated carbocycles. The second-order valence-corrected chi connectivity index (χ2v) is 3.92. The Bertz CT molecular complexity index is 323. The molecule has 0 bridgehead atoms. The zero-order valence-corrected chi connectivity index (χ0v) is 8.03. The van der Waals surface area contributed by atoms with Crippen LogP contribution in [0.2, 0.25) is 0 Å². The number of hydrogen-bond acceptors (Lipinski definition) is 2. The molecule has 0 atom stereocenters. The van der Waals surface area contributed by atoms with Gasteiger partial charge in [0.25, 0.3) is 0 Å². The fourth-order valence-corrected chi connectivity index (χ4v) is 1.42. The van der Waals surface area contributed by atoms with E-state index in [1.54, 1.807) is 17.0 Å². The third-order valence-corrected chi connectivity index (χ3v) is 2.34. The smallest absolute Gasteiger partial charge is 0.234 e. The van der Waals surface area contributed by atoms with E-state index in [1.165, 1.54) is 12.8 Å². The van der Waals surface area contributed by atoms with Crippen molar-refractivity contribution in [2.24, 2.45) is 5.92 Å². The monoisotopic (exact) mass is 178 g/mol. The summed E-state index contributed by atoms with van der Waals surface area (Å²) in [4.78, 5) is 15.9. The average molecular weight is 178 g/mol. The highest BCUT2D eigenvalue weighted by molar-refractivity contribution is 5.81. The summed E-state index contributed by atoms with van der Waals surface area (Å²) in [6.07, 6.45) is 5.86. The Morgan fingerprint density at radius 2 is 2.31 bits per heavy atom. The van der Waals surface area contributed by atoms with Gasteiger partial charge in [-0.2, -0.15) is 0 Å². The van der Waals surface area contributed by atoms with Gasteiger partial charge in [0.1, 0.15) is 5.82 Å². The van der Waals surface area contributed by atoms with E-state index in [0.29, 0.717) is 5.92 Å². The van der Waals surface area contributed by atoms with Gasteiger partial charge in [0.05, 0.1) is 0 Å². The summed E-state index contributed by atoms with van der Waals surface area (Å²) in [6, 6.07) is 0. The molecular formula is C10H14N2O. The molecule has 1 aliphatic rings. The van der Waals surface area contributed by atoms with E-state index >= 15 is 0 Å². The Labute approximate surface area is 77.8 Å². The van der Waals surface area contributed by atoms with Gasteiger partial charge < -0.3 is 0 Å². The molecular weight excluding hydrogens is 164 g/mol. The van der Waals surface area contributed by atoms with Gasteiger partial charge in [0.15, 0.2) is 0 Å². The molecule has 1 aromatic rings. The molecule has 1 heterocycles. The predicted molar refractivity (Wildman–Crippen MR) is 49.7 cm³/mol. The van der Waals surface area contributed by atoms with Crippen LogP contribution in [0.1, 0.15) is 43.2 Å². The summed E-state index contributed by atoms with van der Waals surface area (Å²) in [6.45, 7) is 3.83. The Morgan fingerprint density at radius 3 is 2.85 bits per heavy atom. The first-order chi connectivity index (χ1) is 6.20. The molecule has 0 saturated heterocycles. The fraction of sp³-hybridized carbons (Fsp3) is 0.600. The fourth-order valence-electron chi connectivity index (χ4n) is 1.42. The van der Waals surface area contributed by atoms with Crippen molar-refractivity contribution in [2.45, 2.75) is 32.6 Å². The number of rotatable bonds is 2. The van der Waals surface area contributed by atoms with Gasteiger partial charge >= 0.3 is 0 Å². The van der Waals surface area contributed by atoms with E-state index in [1.807, 2.05) is 13.8 Å². The highest BCUT2D eigenvalue weighted by Crippen LogP contribution is 2.39. The standard InChI is InChI=1S/C10H14N2O/c1-7(2)10(13)12-6-5-11-9(12)8-3-4-8/h5-8H,3-4H2,1-2H3. The zero-order valence-electron chi connectivity index (χ0n) is 8.03. The second-order valence-electron chi connectivity index (χ2n) is 3.92. The molecule has 0 N–H and O–H groups in total. The minimum absolute atomic E-state index is 0.0479. The Morgan fingerprint density at radius 1 is 1.62 bits per heavy atom. The molecule has 3 heteroatoms. The maximum absolute atomic E-state index is 11.7. The SMILES string of the molecule is CC(C)C(=O)n1ccnc1C1CC1. The van der Waals surface area contributed by atoms with Crippen LogP contribution in [0.15, 0.2) is 12.4 Å². The number of aromatic nitrogens is 2. The maximum Gasteiger partial charge on any atom is 0.234 e. The predicted octanol–water partition coefficient (Wildman–Crippen LogP) is 2.06. The third-order valence-electron chi connectivity index (χ3n) is 2.34. The van der Waals surface area contributed by atoms with Crippen LogP contribution < -0.4 is 0 Å². The molecule has 1 aromatic heterocycles. The first-order valence-corrected chi connectivity index (χ1v) is 4.77. The lowest BCUT2D eigenvalue weighted by Gasteiger charge is -2.07. The molecule has 1 aliphatic carbocycles. The topological polar surface area (TPSA) is 34.9 Å². The van der Waals surface area contributed by atoms with Gasteiger partial charge in [-0.1, -0.05) is 13.8 Å². The Balaban J connectivity index is 2.28. The van der Waals surface area contributed by atoms with Crippen molar-refractivity contribution >= 4 is 5.91 Å². The molecule has 70 valence electrons. The lowest BCUT2D eigenvalue weighted by Crippen LogP contribution is -2.18. The van der Waals surface area contributed by atoms with Crippen LogP contribution in [0, 0.1) is 5.92 Å². The highest BCUT2D eigenvalue weighted by Gasteiger charge is 2.29. The summed E-state index contributed by atoms with van der Waals surface area (Å²) in [5.41, 5.74) is 0. The lowest BCUT2D eigenvalue weighted by molar-refractivity contribution is 0.0851. The van der Waals surface area contributed by atoms with Crippen molar-refractivity contribution in [3.63, 3.8) is 0 Å². The van der Waals surface area contributed by atoms with E-state index < -0.39 is 0 Å². The number of nitrogens with zero attached hydrogens (tertiary/aromatic N) is 2. The van der Waals surface area contributed by atoms with Crippen LogP contribution in [0.3, 0.4) is 0 Å². The maximum atomic E-state index is 11.7. The molecule has 3 nitrogen and oxygen atoms in total. The summed E-state index contributed by atoms with van der Waals surface area (Å²) >= 11 is 0. The third kappa shape index (κ3) is 1.50. The van der Waals surface area contributed by atoms with Gasteiger partial charge in [-0.15, -0.1) is 0 Å². The van der Waals surface area contributed by atoms with Crippen molar-refractivity contribution in [2.75, 3.05) is 0 Å². The van der Waals surface area contributed by atoms with Crippen LogP contribution in [-0.2, 0) is 0 Å². The summed E-state index contributed by atoms with van der Waals surface area (Å²) in [5, 5.41) is 0. The van der Waals surface area contributed by atoms with Gasteiger partial charge in [-0.3, -0.25) is 9.36 Å². The Hall–Kier alpha value is -1.12. The molecule has 1 fully saturated rings. The summed E-state index contributed by atoms with van der Waals surface area (Å²) in [5.74, 6) is 1.70. The van der Waals surface area contributed by atoms with Crippen LogP contribution >= 0.6 is 0 Å². The molecule has 0 unspecified atom stereocenters. The number of hydrogen-bond donors (Lipinski definition) is 0. The van der Waals surface area contributed by atoms with Gasteiger partial charge in [-0.05, 0) is 12.8 Å². The molecule has 0 radical (unpaired) electrons. The van der Waals surface area contributed by atoms with E-state index in [4.69, 9.17) is 0 Å². The zero-order chi connectivity index (χ0) is 9.42. The van der Waals surface area contributed by atoms with Crippen molar-refractivity contribution in [1.29, 1.82) is 0 Å². The van der Waals surface area contributed by atoms with Crippen molar-refractivity contribution in [1.82, 2.24) is 9.55 Å². The second kappa shape index (κ2) is 2.98. The van der Waals surface area contributed by atoms with Gasteiger partial charge in [0, 0.05) is 24.2 Å². The van der Waals surface area contributed by atoms with E-state index in [9.17, 15) is 4.79 Å². The molecule has 13 heavy (non-hydrogen) atoms. The minimum atomic E-state index is 0.0479. The number of carbonyl (C=O) groups excluding carboxylic acids is 1. The largest absolute Gasteiger partial charge is 0.274 e. The molecule has 0 aromatic carbocycles. The van der Waals surface area contributed by atoms with Crippen molar-refractivity contribution < 1.29 is 4.79 Å². The molecule has 0 spiro atoms. The first-order valence-electron chi connectivity index (χ1n) is 4.77. The van der Waals surface area contributed by atoms with Crippen molar-refractivity contribution in [3.8, 4) is 0 Å². The Kier molecular flexibility index (Phi) is 1.94. The molecule has 0 aliphatic heterocycles. The van der Waals surface area contributed by atoms with Crippen LogP contribution in [0.5, 0.6) is 0 Å². The van der Waals surface area contributed by atoms with E-state index in [2.05, 4.69) is 4.98 Å². The quantitative estimate of drug-likeness (QED) is 0.694. The van der Waals surface area contributed by atoms with Gasteiger partial charge in [-0.25, -0.2) is 4.98 Å². The first kappa shape index (κ1) is 8.48. The number of imidazole rings is 1. The molecule has 2 rings (SSSR count). The van der Waals surface area contributed by atoms with Crippen LogP contribution in [-0.4, -0.2) is 15.5 Å². The van der Waals surface area contributed by atoms with Crippen LogP contribution in [0.25, 0.3) is 0 Å². The normalized spacial score (nSPS) is 16.5.